The highest BCUT2D eigenvalue weighted by molar-refractivity contribution is 4.22. The maximum absolute atomic E-state index is 4.54. The van der Waals surface area contributed by atoms with Crippen LogP contribution >= 0.6 is 0 Å². The molecule has 0 aromatic heterocycles. The third-order valence-corrected chi connectivity index (χ3v) is 0.289. The fourth-order valence-corrected chi connectivity index (χ4v) is 0. The second kappa shape index (κ2) is 22.3. The molecule has 38 valence electrons. The van der Waals surface area contributed by atoms with Crippen LogP contribution in [0.15, 0.2) is 13.2 Å². The van der Waals surface area contributed by atoms with Crippen molar-refractivity contribution in [3.63, 3.8) is 0 Å². The van der Waals surface area contributed by atoms with E-state index in [1.165, 1.54) is 0 Å². The van der Waals surface area contributed by atoms with E-state index in [1.807, 2.05) is 6.92 Å². The van der Waals surface area contributed by atoms with Crippen LogP contribution in [0.2, 0.25) is 0 Å². The van der Waals surface area contributed by atoms with Crippen LogP contribution in [0.25, 0.3) is 0 Å². The Balaban J connectivity index is 0. The lowest BCUT2D eigenvalue weighted by molar-refractivity contribution is 0.215. The van der Waals surface area contributed by atoms with E-state index >= 15 is 0 Å². The van der Waals surface area contributed by atoms with Gasteiger partial charge >= 0.3 is 0 Å². The summed E-state index contributed by atoms with van der Waals surface area (Å²) in [6.07, 6.45) is 0. The van der Waals surface area contributed by atoms with Gasteiger partial charge < -0.3 is 4.74 Å². The Morgan fingerprint density at radius 3 is 1.67 bits per heavy atom. The topological polar surface area (TPSA) is 9.23 Å². The zero-order valence-electron chi connectivity index (χ0n) is 4.53. The molecule has 0 rings (SSSR count). The first-order valence-corrected chi connectivity index (χ1v) is 1.90. The molecular formula is C5H12O. The summed E-state index contributed by atoms with van der Waals surface area (Å²) >= 11 is 0. The summed E-state index contributed by atoms with van der Waals surface area (Å²) in [5.74, 6) is 0. The van der Waals surface area contributed by atoms with Gasteiger partial charge in [-0.1, -0.05) is 0 Å². The van der Waals surface area contributed by atoms with Crippen LogP contribution < -0.4 is 0 Å². The monoisotopic (exact) mass is 88.1 g/mol. The van der Waals surface area contributed by atoms with Gasteiger partial charge in [-0.25, -0.2) is 0 Å². The number of methoxy groups -OCH3 is 1. The molecule has 0 heterocycles. The van der Waals surface area contributed by atoms with Gasteiger partial charge in [-0.15, -0.1) is 13.2 Å². The summed E-state index contributed by atoms with van der Waals surface area (Å²) in [7, 11) is 1.68. The predicted octanol–water partition coefficient (Wildman–Crippen LogP) is 1.45. The van der Waals surface area contributed by atoms with Crippen molar-refractivity contribution in [2.45, 2.75) is 6.92 Å². The lowest BCUT2D eigenvalue weighted by Crippen LogP contribution is -1.73. The van der Waals surface area contributed by atoms with Crippen LogP contribution in [0.3, 0.4) is 0 Å². The molecule has 0 atom stereocenters. The molecular weight excluding hydrogens is 76.1 g/mol. The van der Waals surface area contributed by atoms with Crippen LogP contribution in [-0.2, 0) is 4.74 Å². The molecule has 0 amide bonds. The molecule has 1 heteroatoms. The molecule has 0 aromatic carbocycles. The summed E-state index contributed by atoms with van der Waals surface area (Å²) in [6, 6.07) is 0. The third kappa shape index (κ3) is 55.0. The quantitative estimate of drug-likeness (QED) is 0.441. The van der Waals surface area contributed by atoms with Crippen molar-refractivity contribution < 1.29 is 4.74 Å². The van der Waals surface area contributed by atoms with Crippen LogP contribution in [0, 0.1) is 0 Å². The zero-order valence-corrected chi connectivity index (χ0v) is 4.53. The maximum atomic E-state index is 4.54. The van der Waals surface area contributed by atoms with Gasteiger partial charge in [-0.2, -0.15) is 0 Å². The molecule has 0 aromatic rings. The molecule has 6 heavy (non-hydrogen) atoms. The first-order valence-electron chi connectivity index (χ1n) is 1.90. The number of rotatable bonds is 1. The van der Waals surface area contributed by atoms with E-state index in [0.29, 0.717) is 0 Å². The van der Waals surface area contributed by atoms with Crippen LogP contribution in [0.5, 0.6) is 0 Å². The summed E-state index contributed by atoms with van der Waals surface area (Å²) in [4.78, 5) is 0. The number of ether oxygens (including phenoxy) is 1. The summed E-state index contributed by atoms with van der Waals surface area (Å²) in [6.45, 7) is 8.78. The highest BCUT2D eigenvalue weighted by atomic mass is 16.5. The van der Waals surface area contributed by atoms with Gasteiger partial charge in [0, 0.05) is 13.7 Å². The summed E-state index contributed by atoms with van der Waals surface area (Å²) < 4.78 is 4.54. The molecule has 0 saturated carbocycles. The lowest BCUT2D eigenvalue weighted by Gasteiger charge is -1.76. The van der Waals surface area contributed by atoms with Crippen molar-refractivity contribution in [1.82, 2.24) is 0 Å². The lowest BCUT2D eigenvalue weighted by atomic mass is 10.9. The van der Waals surface area contributed by atoms with Gasteiger partial charge in [0.2, 0.25) is 0 Å². The Labute approximate surface area is 39.6 Å². The van der Waals surface area contributed by atoms with E-state index in [2.05, 4.69) is 17.9 Å². The summed E-state index contributed by atoms with van der Waals surface area (Å²) in [5, 5.41) is 0. The molecule has 0 bridgehead atoms. The van der Waals surface area contributed by atoms with Crippen molar-refractivity contribution in [1.29, 1.82) is 0 Å². The minimum atomic E-state index is 0.819. The van der Waals surface area contributed by atoms with Gasteiger partial charge in [-0.05, 0) is 6.92 Å². The number of hydrogen-bond donors (Lipinski definition) is 0. The minimum Gasteiger partial charge on any atom is -0.385 e. The van der Waals surface area contributed by atoms with Crippen LogP contribution in [0.1, 0.15) is 6.92 Å². The molecule has 0 fully saturated rings. The maximum Gasteiger partial charge on any atom is 0.0433 e. The average Bonchev–Trinajstić information content (AvgIpc) is 1.72. The highest BCUT2D eigenvalue weighted by Gasteiger charge is 1.51. The Bertz CT molecular complexity index is 11.4. The standard InChI is InChI=1S/C3H8O.C2H4/c1-3-4-2;1-2/h3H2,1-2H3;1-2H2. The van der Waals surface area contributed by atoms with Gasteiger partial charge in [0.15, 0.2) is 0 Å². The molecule has 0 spiro atoms. The molecule has 0 unspecified atom stereocenters. The van der Waals surface area contributed by atoms with E-state index in [0.717, 1.165) is 6.61 Å². The molecule has 0 aliphatic heterocycles. The van der Waals surface area contributed by atoms with Crippen molar-refractivity contribution in [3.05, 3.63) is 13.2 Å². The second-order valence-electron chi connectivity index (χ2n) is 0.577. The smallest absolute Gasteiger partial charge is 0.0433 e. The normalized spacial score (nSPS) is 5.67. The molecule has 0 radical (unpaired) electrons. The molecule has 1 nitrogen and oxygen atoms in total. The van der Waals surface area contributed by atoms with Gasteiger partial charge in [0.1, 0.15) is 0 Å². The van der Waals surface area contributed by atoms with E-state index in [4.69, 9.17) is 0 Å². The minimum absolute atomic E-state index is 0.819. The molecule has 0 aliphatic rings. The van der Waals surface area contributed by atoms with Gasteiger partial charge in [0.25, 0.3) is 0 Å². The number of hydrogen-bond acceptors (Lipinski definition) is 1. The Kier molecular flexibility index (Phi) is 34.1. The first-order chi connectivity index (χ1) is 2.91. The van der Waals surface area contributed by atoms with Crippen LogP contribution in [0.4, 0.5) is 0 Å². The Morgan fingerprint density at radius 2 is 1.67 bits per heavy atom. The van der Waals surface area contributed by atoms with E-state index in [-0.39, 0.29) is 0 Å². The largest absolute Gasteiger partial charge is 0.385 e. The first kappa shape index (κ1) is 9.20. The predicted molar refractivity (Wildman–Crippen MR) is 28.8 cm³/mol. The van der Waals surface area contributed by atoms with E-state index < -0.39 is 0 Å². The fraction of sp³-hybridized carbons (Fsp3) is 0.600. The van der Waals surface area contributed by atoms with Crippen molar-refractivity contribution in [2.75, 3.05) is 13.7 Å². The molecule has 0 N–H and O–H groups in total. The van der Waals surface area contributed by atoms with E-state index in [1.54, 1.807) is 7.11 Å². The van der Waals surface area contributed by atoms with Crippen molar-refractivity contribution in [2.24, 2.45) is 0 Å². The van der Waals surface area contributed by atoms with Crippen LogP contribution in [-0.4, -0.2) is 13.7 Å². The average molecular weight is 88.1 g/mol. The SMILES string of the molecule is C=C.CCOC. The van der Waals surface area contributed by atoms with Gasteiger partial charge in [-0.3, -0.25) is 0 Å². The van der Waals surface area contributed by atoms with Crippen molar-refractivity contribution in [3.8, 4) is 0 Å². The highest BCUT2D eigenvalue weighted by Crippen LogP contribution is 1.52. The molecule has 0 aliphatic carbocycles. The fourth-order valence-electron chi connectivity index (χ4n) is 0. The Morgan fingerprint density at radius 1 is 1.50 bits per heavy atom. The van der Waals surface area contributed by atoms with E-state index in [9.17, 15) is 0 Å². The van der Waals surface area contributed by atoms with Crippen molar-refractivity contribution >= 4 is 0 Å². The zero-order chi connectivity index (χ0) is 5.41. The second-order valence-corrected chi connectivity index (χ2v) is 0.577. The summed E-state index contributed by atoms with van der Waals surface area (Å²) in [5.41, 5.74) is 0. The molecule has 0 saturated heterocycles. The third-order valence-electron chi connectivity index (χ3n) is 0.289. The Hall–Kier alpha value is -0.300. The van der Waals surface area contributed by atoms with Gasteiger partial charge in [0.05, 0.1) is 0 Å².